The summed E-state index contributed by atoms with van der Waals surface area (Å²) in [4.78, 5) is 34.5. The van der Waals surface area contributed by atoms with Gasteiger partial charge in [0.05, 0.1) is 5.69 Å². The van der Waals surface area contributed by atoms with Crippen LogP contribution in [0.4, 0.5) is 0 Å². The molecule has 1 unspecified atom stereocenters. The number of hydrogen-bond donors (Lipinski definition) is 4. The van der Waals surface area contributed by atoms with Crippen LogP contribution in [0.25, 0.3) is 10.9 Å². The number of thiazole rings is 1. The van der Waals surface area contributed by atoms with Gasteiger partial charge < -0.3 is 20.9 Å². The molecule has 0 radical (unpaired) electrons. The van der Waals surface area contributed by atoms with Crippen molar-refractivity contribution in [2.45, 2.75) is 57.3 Å². The predicted octanol–water partition coefficient (Wildman–Crippen LogP) is 3.39. The van der Waals surface area contributed by atoms with Gasteiger partial charge in [0.15, 0.2) is 5.01 Å². The number of amides is 2. The van der Waals surface area contributed by atoms with Gasteiger partial charge in [-0.05, 0) is 56.9 Å². The minimum absolute atomic E-state index is 0.103. The summed E-state index contributed by atoms with van der Waals surface area (Å²) in [6.45, 7) is 2.84. The minimum Gasteiger partial charge on any atom is -0.351 e. The smallest absolute Gasteiger partial charge is 0.280 e. The van der Waals surface area contributed by atoms with Gasteiger partial charge in [0, 0.05) is 45.5 Å². The molecule has 3 aromatic rings. The molecule has 1 fully saturated rings. The zero-order valence-corrected chi connectivity index (χ0v) is 18.7. The summed E-state index contributed by atoms with van der Waals surface area (Å²) in [6.07, 6.45) is 3.52. The highest BCUT2D eigenvalue weighted by Gasteiger charge is 2.32. The zero-order chi connectivity index (χ0) is 21.5. The van der Waals surface area contributed by atoms with Gasteiger partial charge in [-0.3, -0.25) is 9.59 Å². The summed E-state index contributed by atoms with van der Waals surface area (Å²) in [5, 5.41) is 11.6. The van der Waals surface area contributed by atoms with Crippen molar-refractivity contribution in [3.05, 3.63) is 50.6 Å². The van der Waals surface area contributed by atoms with E-state index in [9.17, 15) is 9.59 Å². The van der Waals surface area contributed by atoms with E-state index in [1.165, 1.54) is 16.2 Å². The number of carbonyl (C=O) groups is 2. The molecule has 0 bridgehead atoms. The van der Waals surface area contributed by atoms with Gasteiger partial charge in [-0.2, -0.15) is 0 Å². The van der Waals surface area contributed by atoms with Gasteiger partial charge in [-0.25, -0.2) is 4.98 Å². The lowest BCUT2D eigenvalue weighted by molar-refractivity contribution is 0.0889. The number of nitrogens with zero attached hydrogens (tertiary/aromatic N) is 1. The van der Waals surface area contributed by atoms with Crippen LogP contribution in [0.3, 0.4) is 0 Å². The summed E-state index contributed by atoms with van der Waals surface area (Å²) in [5.41, 5.74) is 2.33. The first-order valence-electron chi connectivity index (χ1n) is 10.6. The van der Waals surface area contributed by atoms with E-state index in [1.807, 2.05) is 12.1 Å². The molecule has 3 atom stereocenters. The summed E-state index contributed by atoms with van der Waals surface area (Å²) in [5.74, 6) is -0.332. The Morgan fingerprint density at radius 2 is 1.94 bits per heavy atom. The molecule has 2 aromatic heterocycles. The van der Waals surface area contributed by atoms with Crippen LogP contribution in [0.15, 0.2) is 24.3 Å². The van der Waals surface area contributed by atoms with E-state index in [-0.39, 0.29) is 23.9 Å². The van der Waals surface area contributed by atoms with Crippen LogP contribution < -0.4 is 16.0 Å². The number of aromatic amines is 1. The average molecular weight is 458 g/mol. The summed E-state index contributed by atoms with van der Waals surface area (Å²) in [7, 11) is 0. The van der Waals surface area contributed by atoms with E-state index < -0.39 is 0 Å². The lowest BCUT2D eigenvalue weighted by Gasteiger charge is -2.21. The molecule has 3 heterocycles. The van der Waals surface area contributed by atoms with Gasteiger partial charge in [0.2, 0.25) is 0 Å². The van der Waals surface area contributed by atoms with Crippen LogP contribution in [-0.2, 0) is 13.0 Å². The first-order chi connectivity index (χ1) is 15.0. The van der Waals surface area contributed by atoms with Crippen LogP contribution in [0.5, 0.6) is 0 Å². The molecule has 162 valence electrons. The van der Waals surface area contributed by atoms with Gasteiger partial charge in [-0.15, -0.1) is 11.3 Å². The second-order valence-corrected chi connectivity index (χ2v) is 9.90. The number of nitrogens with one attached hydrogen (secondary N) is 4. The van der Waals surface area contributed by atoms with Gasteiger partial charge >= 0.3 is 0 Å². The van der Waals surface area contributed by atoms with Gasteiger partial charge in [0.1, 0.15) is 5.69 Å². The Bertz CT molecular complexity index is 1160. The van der Waals surface area contributed by atoms with Gasteiger partial charge in [0.25, 0.3) is 11.8 Å². The molecule has 2 amide bonds. The Kier molecular flexibility index (Phi) is 5.45. The molecular formula is C22H24ClN5O2S. The van der Waals surface area contributed by atoms with Crippen LogP contribution in [0, 0.1) is 0 Å². The maximum atomic E-state index is 12.8. The number of hydrogen-bond acceptors (Lipinski definition) is 5. The lowest BCUT2D eigenvalue weighted by Crippen LogP contribution is -2.48. The second kappa shape index (κ2) is 8.26. The number of rotatable bonds is 4. The predicted molar refractivity (Wildman–Crippen MR) is 122 cm³/mol. The van der Waals surface area contributed by atoms with Gasteiger partial charge in [-0.1, -0.05) is 11.6 Å². The maximum absolute atomic E-state index is 12.8. The molecule has 1 aromatic carbocycles. The van der Waals surface area contributed by atoms with E-state index >= 15 is 0 Å². The Hall–Kier alpha value is -2.42. The number of halogens is 1. The fourth-order valence-electron chi connectivity index (χ4n) is 4.41. The first-order valence-corrected chi connectivity index (χ1v) is 11.8. The SMILES string of the molecule is CC1Cc2sc(C(=O)N[C@H]3CCC[C@@H]3NC(=O)c3cc4cc(Cl)ccc4[nH]3)nc2CN1. The Morgan fingerprint density at radius 3 is 2.74 bits per heavy atom. The monoisotopic (exact) mass is 457 g/mol. The largest absolute Gasteiger partial charge is 0.351 e. The molecule has 0 spiro atoms. The Morgan fingerprint density at radius 1 is 1.16 bits per heavy atom. The van der Waals surface area contributed by atoms with Crippen molar-refractivity contribution in [1.29, 1.82) is 0 Å². The third kappa shape index (κ3) is 4.20. The van der Waals surface area contributed by atoms with Crippen molar-refractivity contribution in [2.75, 3.05) is 0 Å². The lowest BCUT2D eigenvalue weighted by atomic mass is 10.1. The molecule has 31 heavy (non-hydrogen) atoms. The molecule has 1 aliphatic carbocycles. The van der Waals surface area contributed by atoms with Crippen molar-refractivity contribution in [3.8, 4) is 0 Å². The van der Waals surface area contributed by atoms with Crippen LogP contribution >= 0.6 is 22.9 Å². The Labute approximate surface area is 189 Å². The van der Waals surface area contributed by atoms with Crippen molar-refractivity contribution < 1.29 is 9.59 Å². The zero-order valence-electron chi connectivity index (χ0n) is 17.1. The van der Waals surface area contributed by atoms with Crippen molar-refractivity contribution >= 4 is 45.7 Å². The van der Waals surface area contributed by atoms with E-state index in [0.29, 0.717) is 28.3 Å². The van der Waals surface area contributed by atoms with E-state index in [2.05, 4.69) is 32.8 Å². The molecule has 2 aliphatic rings. The molecular weight excluding hydrogens is 434 g/mol. The summed E-state index contributed by atoms with van der Waals surface area (Å²) >= 11 is 7.52. The van der Waals surface area contributed by atoms with Crippen molar-refractivity contribution in [3.63, 3.8) is 0 Å². The summed E-state index contributed by atoms with van der Waals surface area (Å²) in [6, 6.07) is 7.46. The average Bonchev–Trinajstić information content (AvgIpc) is 3.45. The van der Waals surface area contributed by atoms with E-state index in [4.69, 9.17) is 11.6 Å². The van der Waals surface area contributed by atoms with Crippen molar-refractivity contribution in [1.82, 2.24) is 25.9 Å². The number of benzene rings is 1. The molecule has 7 nitrogen and oxygen atoms in total. The third-order valence-corrected chi connectivity index (χ3v) is 7.41. The molecule has 9 heteroatoms. The molecule has 1 aliphatic heterocycles. The van der Waals surface area contributed by atoms with Crippen LogP contribution in [0.2, 0.25) is 5.02 Å². The highest BCUT2D eigenvalue weighted by Crippen LogP contribution is 2.26. The van der Waals surface area contributed by atoms with Crippen LogP contribution in [-0.4, -0.2) is 39.9 Å². The second-order valence-electron chi connectivity index (χ2n) is 8.38. The normalized spacial score (nSPS) is 23.0. The fourth-order valence-corrected chi connectivity index (χ4v) is 5.70. The summed E-state index contributed by atoms with van der Waals surface area (Å²) < 4.78 is 0. The Balaban J connectivity index is 1.25. The number of H-pyrrole nitrogens is 1. The number of aromatic nitrogens is 2. The standard InChI is InChI=1S/C22H24ClN5O2S/c1-11-7-19-18(10-24-11)28-22(31-19)21(30)27-16-4-2-3-15(16)26-20(29)17-9-12-8-13(23)5-6-14(12)25-17/h5-6,8-9,11,15-16,24-25H,2-4,7,10H2,1H3,(H,26,29)(H,27,30)/t11?,15-,16-/m0/s1. The molecule has 5 rings (SSSR count). The minimum atomic E-state index is -0.178. The molecule has 0 saturated heterocycles. The highest BCUT2D eigenvalue weighted by atomic mass is 35.5. The van der Waals surface area contributed by atoms with E-state index in [1.54, 1.807) is 12.1 Å². The highest BCUT2D eigenvalue weighted by molar-refractivity contribution is 7.13. The topological polar surface area (TPSA) is 98.9 Å². The van der Waals surface area contributed by atoms with Crippen LogP contribution in [0.1, 0.15) is 57.0 Å². The third-order valence-electron chi connectivity index (χ3n) is 6.06. The van der Waals surface area contributed by atoms with Crippen molar-refractivity contribution in [2.24, 2.45) is 0 Å². The quantitative estimate of drug-likeness (QED) is 0.482. The maximum Gasteiger partial charge on any atom is 0.280 e. The first kappa shape index (κ1) is 20.5. The number of carbonyl (C=O) groups excluding carboxylic acids is 2. The molecule has 1 saturated carbocycles. The molecule has 4 N–H and O–H groups in total. The van der Waals surface area contributed by atoms with E-state index in [0.717, 1.165) is 42.3 Å². The number of fused-ring (bicyclic) bond motifs is 2. The fraction of sp³-hybridized carbons (Fsp3) is 0.409.